The highest BCUT2D eigenvalue weighted by molar-refractivity contribution is 5.59. The Labute approximate surface area is 138 Å². The molecule has 3 aromatic rings. The van der Waals surface area contributed by atoms with E-state index in [1.807, 2.05) is 0 Å². The highest BCUT2D eigenvalue weighted by atomic mass is 15.2. The Bertz CT molecular complexity index is 841. The molecular formula is C21H23N2+. The second-order valence-corrected chi connectivity index (χ2v) is 6.67. The summed E-state index contributed by atoms with van der Waals surface area (Å²) in [5.41, 5.74) is 6.70. The number of hydrogen-bond donors (Lipinski definition) is 0. The summed E-state index contributed by atoms with van der Waals surface area (Å²) in [6.45, 7) is 6.41. The Morgan fingerprint density at radius 2 is 1.83 bits per heavy atom. The third-order valence-corrected chi connectivity index (χ3v) is 4.78. The molecule has 4 rings (SSSR count). The largest absolute Gasteiger partial charge is 0.257 e. The van der Waals surface area contributed by atoms with E-state index >= 15 is 0 Å². The minimum atomic E-state index is 0.961. The SMILES string of the molecule is Cc1ccc(-c2c[n+](Cc3cccc(C)c3)c3n2CCC3)cc1. The average Bonchev–Trinajstić information content (AvgIpc) is 3.12. The van der Waals surface area contributed by atoms with Crippen molar-refractivity contribution in [3.63, 3.8) is 0 Å². The molecule has 0 atom stereocenters. The van der Waals surface area contributed by atoms with Crippen LogP contribution in [0.1, 0.15) is 28.9 Å². The average molecular weight is 303 g/mol. The number of nitrogens with zero attached hydrogens (tertiary/aromatic N) is 2. The van der Waals surface area contributed by atoms with Crippen molar-refractivity contribution in [1.82, 2.24) is 4.57 Å². The molecule has 2 aromatic carbocycles. The molecule has 0 saturated carbocycles. The third-order valence-electron chi connectivity index (χ3n) is 4.78. The van der Waals surface area contributed by atoms with Gasteiger partial charge in [-0.25, -0.2) is 9.13 Å². The number of aryl methyl sites for hydroxylation is 2. The lowest BCUT2D eigenvalue weighted by atomic mass is 10.1. The van der Waals surface area contributed by atoms with Gasteiger partial charge >= 0.3 is 0 Å². The van der Waals surface area contributed by atoms with E-state index in [9.17, 15) is 0 Å². The molecule has 23 heavy (non-hydrogen) atoms. The standard InChI is InChI=1S/C21H23N2/c1-16-8-10-19(11-9-16)20-15-22(21-7-4-12-23(20)21)14-18-6-3-5-17(2)13-18/h3,5-6,8-11,13,15H,4,7,12,14H2,1-2H3/q+1. The van der Waals surface area contributed by atoms with Gasteiger partial charge in [0.1, 0.15) is 12.7 Å². The number of rotatable bonds is 3. The topological polar surface area (TPSA) is 8.81 Å². The van der Waals surface area contributed by atoms with Gasteiger partial charge in [0.2, 0.25) is 0 Å². The van der Waals surface area contributed by atoms with Gasteiger partial charge in [-0.1, -0.05) is 59.7 Å². The predicted octanol–water partition coefficient (Wildman–Crippen LogP) is 4.05. The van der Waals surface area contributed by atoms with E-state index in [2.05, 4.69) is 77.7 Å². The summed E-state index contributed by atoms with van der Waals surface area (Å²) in [7, 11) is 0. The zero-order valence-electron chi connectivity index (χ0n) is 13.9. The molecule has 1 aliphatic rings. The van der Waals surface area contributed by atoms with Gasteiger partial charge < -0.3 is 0 Å². The highest BCUT2D eigenvalue weighted by Crippen LogP contribution is 2.25. The van der Waals surface area contributed by atoms with Crippen molar-refractivity contribution in [2.24, 2.45) is 0 Å². The Kier molecular flexibility index (Phi) is 3.53. The molecule has 0 amide bonds. The summed E-state index contributed by atoms with van der Waals surface area (Å²) in [4.78, 5) is 0. The van der Waals surface area contributed by atoms with E-state index in [0.717, 1.165) is 13.1 Å². The van der Waals surface area contributed by atoms with Crippen LogP contribution in [0.3, 0.4) is 0 Å². The summed E-state index contributed by atoms with van der Waals surface area (Å²) in [5, 5.41) is 0. The third kappa shape index (κ3) is 2.70. The maximum absolute atomic E-state index is 2.50. The van der Waals surface area contributed by atoms with Crippen LogP contribution in [0.25, 0.3) is 11.3 Å². The normalized spacial score (nSPS) is 13.3. The summed E-state index contributed by atoms with van der Waals surface area (Å²) in [6.07, 6.45) is 4.77. The monoisotopic (exact) mass is 303 g/mol. The molecule has 2 nitrogen and oxygen atoms in total. The summed E-state index contributed by atoms with van der Waals surface area (Å²) in [6, 6.07) is 17.7. The molecule has 0 aliphatic carbocycles. The highest BCUT2D eigenvalue weighted by Gasteiger charge is 2.28. The smallest absolute Gasteiger partial charge is 0.229 e. The molecule has 0 fully saturated rings. The van der Waals surface area contributed by atoms with Crippen LogP contribution < -0.4 is 4.57 Å². The van der Waals surface area contributed by atoms with Crippen molar-refractivity contribution in [3.8, 4) is 11.3 Å². The van der Waals surface area contributed by atoms with Crippen molar-refractivity contribution >= 4 is 0 Å². The molecule has 0 spiro atoms. The molecule has 0 bridgehead atoms. The van der Waals surface area contributed by atoms with Gasteiger partial charge in [-0.15, -0.1) is 0 Å². The van der Waals surface area contributed by atoms with E-state index in [1.54, 1.807) is 0 Å². The molecule has 2 heterocycles. The van der Waals surface area contributed by atoms with Gasteiger partial charge in [-0.05, 0) is 25.8 Å². The molecule has 116 valence electrons. The van der Waals surface area contributed by atoms with E-state index in [0.29, 0.717) is 0 Å². The van der Waals surface area contributed by atoms with E-state index in [4.69, 9.17) is 0 Å². The van der Waals surface area contributed by atoms with Gasteiger partial charge in [0, 0.05) is 5.56 Å². The Hall–Kier alpha value is -2.35. The molecule has 1 aromatic heterocycles. The van der Waals surface area contributed by atoms with E-state index in [1.165, 1.54) is 46.6 Å². The van der Waals surface area contributed by atoms with Crippen LogP contribution in [0, 0.1) is 13.8 Å². The van der Waals surface area contributed by atoms with Crippen LogP contribution in [0.15, 0.2) is 54.7 Å². The van der Waals surface area contributed by atoms with Gasteiger partial charge in [0.15, 0.2) is 5.69 Å². The summed E-state index contributed by atoms with van der Waals surface area (Å²) < 4.78 is 4.94. The number of benzene rings is 2. The molecule has 0 radical (unpaired) electrons. The first-order valence-electron chi connectivity index (χ1n) is 8.45. The minimum Gasteiger partial charge on any atom is -0.229 e. The number of fused-ring (bicyclic) bond motifs is 1. The maximum atomic E-state index is 2.50. The minimum absolute atomic E-state index is 0.961. The first-order valence-corrected chi connectivity index (χ1v) is 8.45. The van der Waals surface area contributed by atoms with E-state index < -0.39 is 0 Å². The number of hydrogen-bond acceptors (Lipinski definition) is 0. The molecule has 2 heteroatoms. The van der Waals surface area contributed by atoms with Crippen molar-refractivity contribution in [2.45, 2.75) is 39.8 Å². The van der Waals surface area contributed by atoms with Crippen LogP contribution >= 0.6 is 0 Å². The Morgan fingerprint density at radius 1 is 1.00 bits per heavy atom. The first-order chi connectivity index (χ1) is 11.2. The van der Waals surface area contributed by atoms with Crippen molar-refractivity contribution in [3.05, 3.63) is 77.2 Å². The molecule has 0 N–H and O–H groups in total. The van der Waals surface area contributed by atoms with Crippen LogP contribution in [0.2, 0.25) is 0 Å². The van der Waals surface area contributed by atoms with Gasteiger partial charge in [0.05, 0.1) is 13.0 Å². The van der Waals surface area contributed by atoms with Crippen molar-refractivity contribution in [2.75, 3.05) is 0 Å². The van der Waals surface area contributed by atoms with Gasteiger partial charge in [-0.3, -0.25) is 0 Å². The zero-order chi connectivity index (χ0) is 15.8. The first kappa shape index (κ1) is 14.3. The quantitative estimate of drug-likeness (QED) is 0.645. The van der Waals surface area contributed by atoms with Crippen LogP contribution in [0.4, 0.5) is 0 Å². The Balaban J connectivity index is 1.74. The predicted molar refractivity (Wildman–Crippen MR) is 93.4 cm³/mol. The van der Waals surface area contributed by atoms with Crippen LogP contribution in [-0.2, 0) is 19.5 Å². The maximum Gasteiger partial charge on any atom is 0.257 e. The lowest BCUT2D eigenvalue weighted by molar-refractivity contribution is -0.694. The van der Waals surface area contributed by atoms with Crippen molar-refractivity contribution in [1.29, 1.82) is 0 Å². The van der Waals surface area contributed by atoms with Gasteiger partial charge in [0.25, 0.3) is 5.82 Å². The second-order valence-electron chi connectivity index (χ2n) is 6.67. The zero-order valence-corrected chi connectivity index (χ0v) is 13.9. The van der Waals surface area contributed by atoms with E-state index in [-0.39, 0.29) is 0 Å². The van der Waals surface area contributed by atoms with Crippen molar-refractivity contribution < 1.29 is 4.57 Å². The summed E-state index contributed by atoms with van der Waals surface area (Å²) >= 11 is 0. The molecular weight excluding hydrogens is 280 g/mol. The lowest BCUT2D eigenvalue weighted by Gasteiger charge is -2.01. The summed E-state index contributed by atoms with van der Waals surface area (Å²) in [5.74, 6) is 1.46. The lowest BCUT2D eigenvalue weighted by Crippen LogP contribution is -2.36. The fraction of sp³-hybridized carbons (Fsp3) is 0.286. The fourth-order valence-corrected chi connectivity index (χ4v) is 3.61. The molecule has 0 unspecified atom stereocenters. The molecule has 1 aliphatic heterocycles. The van der Waals surface area contributed by atoms with Crippen LogP contribution in [0.5, 0.6) is 0 Å². The van der Waals surface area contributed by atoms with Gasteiger partial charge in [-0.2, -0.15) is 0 Å². The second kappa shape index (κ2) is 5.69. The van der Waals surface area contributed by atoms with Crippen LogP contribution in [-0.4, -0.2) is 4.57 Å². The molecule has 0 saturated heterocycles. The number of aromatic nitrogens is 2. The fourth-order valence-electron chi connectivity index (χ4n) is 3.61. The number of imidazole rings is 1. The Morgan fingerprint density at radius 3 is 2.61 bits per heavy atom.